The van der Waals surface area contributed by atoms with Crippen molar-refractivity contribution in [3.8, 4) is 0 Å². The zero-order valence-corrected chi connectivity index (χ0v) is 7.77. The van der Waals surface area contributed by atoms with Crippen LogP contribution >= 0.6 is 0 Å². The molecule has 11 heavy (non-hydrogen) atoms. The molecular weight excluding hydrogens is 138 g/mol. The van der Waals surface area contributed by atoms with Crippen molar-refractivity contribution in [3.05, 3.63) is 11.8 Å². The molecule has 0 spiro atoms. The molecule has 0 aromatic rings. The van der Waals surface area contributed by atoms with Gasteiger partial charge in [0.05, 0.1) is 0 Å². The Kier molecular flexibility index (Phi) is 4.59. The molecule has 0 amide bonds. The highest BCUT2D eigenvalue weighted by Gasteiger charge is 1.99. The Morgan fingerprint density at radius 3 is 2.36 bits per heavy atom. The zero-order chi connectivity index (χ0) is 8.85. The van der Waals surface area contributed by atoms with E-state index in [1.165, 1.54) is 0 Å². The monoisotopic (exact) mass is 155 g/mol. The predicted octanol–water partition coefficient (Wildman–Crippen LogP) is 1.72. The number of allylic oxidation sites excluding steroid dienone is 2. The molecule has 0 atom stereocenters. The Morgan fingerprint density at radius 2 is 2.09 bits per heavy atom. The third kappa shape index (κ3) is 5.64. The highest BCUT2D eigenvalue weighted by atomic mass is 16.1. The molecule has 0 saturated carbocycles. The van der Waals surface area contributed by atoms with Crippen molar-refractivity contribution in [1.82, 2.24) is 5.32 Å². The van der Waals surface area contributed by atoms with Crippen LogP contribution in [0, 0.1) is 5.92 Å². The van der Waals surface area contributed by atoms with Crippen molar-refractivity contribution in [2.75, 3.05) is 7.05 Å². The van der Waals surface area contributed by atoms with Crippen LogP contribution in [0.3, 0.4) is 0 Å². The van der Waals surface area contributed by atoms with Gasteiger partial charge in [0.25, 0.3) is 0 Å². The maximum Gasteiger partial charge on any atom is 0.154 e. The van der Waals surface area contributed by atoms with Crippen LogP contribution in [0.4, 0.5) is 0 Å². The van der Waals surface area contributed by atoms with Crippen molar-refractivity contribution in [2.24, 2.45) is 5.92 Å². The van der Waals surface area contributed by atoms with Gasteiger partial charge in [-0.1, -0.05) is 13.8 Å². The predicted molar refractivity (Wildman–Crippen MR) is 47.3 cm³/mol. The van der Waals surface area contributed by atoms with E-state index in [1.54, 1.807) is 13.0 Å². The number of rotatable bonds is 4. The van der Waals surface area contributed by atoms with Crippen LogP contribution in [-0.2, 0) is 4.79 Å². The van der Waals surface area contributed by atoms with Crippen LogP contribution in [-0.4, -0.2) is 12.8 Å². The maximum atomic E-state index is 10.7. The molecule has 1 N–H and O–H groups in total. The summed E-state index contributed by atoms with van der Waals surface area (Å²) in [6.07, 6.45) is 2.59. The van der Waals surface area contributed by atoms with Crippen molar-refractivity contribution < 1.29 is 4.79 Å². The number of carbonyl (C=O) groups is 1. The molecule has 0 radical (unpaired) electrons. The normalized spacial score (nSPS) is 11.9. The molecule has 0 aliphatic heterocycles. The van der Waals surface area contributed by atoms with Crippen LogP contribution in [0.25, 0.3) is 0 Å². The molecule has 0 bridgehead atoms. The third-order valence-corrected chi connectivity index (χ3v) is 1.33. The van der Waals surface area contributed by atoms with Gasteiger partial charge in [0.15, 0.2) is 5.78 Å². The van der Waals surface area contributed by atoms with Gasteiger partial charge in [0.1, 0.15) is 0 Å². The number of hydrogen-bond donors (Lipinski definition) is 1. The number of nitrogens with one attached hydrogen (secondary N) is 1. The smallest absolute Gasteiger partial charge is 0.154 e. The summed E-state index contributed by atoms with van der Waals surface area (Å²) >= 11 is 0. The molecule has 0 unspecified atom stereocenters. The molecule has 0 heterocycles. The first-order valence-corrected chi connectivity index (χ1v) is 3.95. The quantitative estimate of drug-likeness (QED) is 0.626. The molecule has 0 saturated heterocycles. The van der Waals surface area contributed by atoms with Crippen LogP contribution in [0.15, 0.2) is 11.8 Å². The van der Waals surface area contributed by atoms with Crippen LogP contribution in [0.2, 0.25) is 0 Å². The summed E-state index contributed by atoms with van der Waals surface area (Å²) < 4.78 is 0. The minimum absolute atomic E-state index is 0.106. The van der Waals surface area contributed by atoms with Crippen LogP contribution < -0.4 is 5.32 Å². The van der Waals surface area contributed by atoms with Gasteiger partial charge in [0, 0.05) is 12.7 Å². The van der Waals surface area contributed by atoms with Gasteiger partial charge < -0.3 is 5.32 Å². The van der Waals surface area contributed by atoms with Crippen LogP contribution in [0.1, 0.15) is 27.2 Å². The minimum Gasteiger partial charge on any atom is -0.391 e. The molecule has 0 aromatic heterocycles. The minimum atomic E-state index is 0.106. The maximum absolute atomic E-state index is 10.7. The summed E-state index contributed by atoms with van der Waals surface area (Å²) in [7, 11) is 1.84. The topological polar surface area (TPSA) is 29.1 Å². The Hall–Kier alpha value is -0.790. The average Bonchev–Trinajstić information content (AvgIpc) is 1.84. The summed E-state index contributed by atoms with van der Waals surface area (Å²) in [5.74, 6) is 0.697. The molecule has 64 valence electrons. The lowest BCUT2D eigenvalue weighted by atomic mass is 10.1. The number of hydrogen-bond acceptors (Lipinski definition) is 2. The van der Waals surface area contributed by atoms with Gasteiger partial charge in [-0.15, -0.1) is 0 Å². The van der Waals surface area contributed by atoms with Crippen molar-refractivity contribution in [2.45, 2.75) is 27.2 Å². The molecule has 2 heteroatoms. The van der Waals surface area contributed by atoms with Crippen molar-refractivity contribution >= 4 is 5.78 Å². The van der Waals surface area contributed by atoms with Gasteiger partial charge in [-0.25, -0.2) is 0 Å². The van der Waals surface area contributed by atoms with Gasteiger partial charge in [0.2, 0.25) is 0 Å². The molecule has 0 rings (SSSR count). The Balaban J connectivity index is 4.05. The summed E-state index contributed by atoms with van der Waals surface area (Å²) in [5.41, 5.74) is 1.02. The average molecular weight is 155 g/mol. The first kappa shape index (κ1) is 10.2. The van der Waals surface area contributed by atoms with E-state index in [-0.39, 0.29) is 5.78 Å². The second kappa shape index (κ2) is 4.94. The zero-order valence-electron chi connectivity index (χ0n) is 7.77. The summed E-state index contributed by atoms with van der Waals surface area (Å²) in [5, 5.41) is 3.00. The third-order valence-electron chi connectivity index (χ3n) is 1.33. The van der Waals surface area contributed by atoms with Crippen molar-refractivity contribution in [1.29, 1.82) is 0 Å². The Bertz CT molecular complexity index is 159. The van der Waals surface area contributed by atoms with E-state index in [9.17, 15) is 4.79 Å². The van der Waals surface area contributed by atoms with Gasteiger partial charge >= 0.3 is 0 Å². The SMILES string of the molecule is CN/C(=C\C(C)=O)CC(C)C. The fraction of sp³-hybridized carbons (Fsp3) is 0.667. The Labute approximate surface area is 68.7 Å². The highest BCUT2D eigenvalue weighted by molar-refractivity contribution is 5.87. The standard InChI is InChI=1S/C9H17NO/c1-7(2)5-9(10-4)6-8(3)11/h6-7,10H,5H2,1-4H3/b9-6-. The van der Waals surface area contributed by atoms with Gasteiger partial charge in [-0.3, -0.25) is 4.79 Å². The summed E-state index contributed by atoms with van der Waals surface area (Å²) in [6, 6.07) is 0. The van der Waals surface area contributed by atoms with E-state index in [2.05, 4.69) is 19.2 Å². The highest BCUT2D eigenvalue weighted by Crippen LogP contribution is 2.06. The largest absolute Gasteiger partial charge is 0.391 e. The lowest BCUT2D eigenvalue weighted by molar-refractivity contribution is -0.112. The number of carbonyl (C=O) groups excluding carboxylic acids is 1. The molecule has 0 aromatic carbocycles. The summed E-state index contributed by atoms with van der Waals surface area (Å²) in [4.78, 5) is 10.7. The van der Waals surface area contributed by atoms with E-state index in [4.69, 9.17) is 0 Å². The van der Waals surface area contributed by atoms with E-state index in [0.29, 0.717) is 5.92 Å². The van der Waals surface area contributed by atoms with E-state index >= 15 is 0 Å². The molecular formula is C9H17NO. The number of ketones is 1. The lowest BCUT2D eigenvalue weighted by Gasteiger charge is -2.08. The van der Waals surface area contributed by atoms with E-state index < -0.39 is 0 Å². The fourth-order valence-electron chi connectivity index (χ4n) is 0.918. The molecule has 0 fully saturated rings. The van der Waals surface area contributed by atoms with Crippen LogP contribution in [0.5, 0.6) is 0 Å². The lowest BCUT2D eigenvalue weighted by Crippen LogP contribution is -2.09. The first-order valence-electron chi connectivity index (χ1n) is 3.95. The molecule has 0 aliphatic rings. The second-order valence-electron chi connectivity index (χ2n) is 3.13. The molecule has 2 nitrogen and oxygen atoms in total. The second-order valence-corrected chi connectivity index (χ2v) is 3.13. The fourth-order valence-corrected chi connectivity index (χ4v) is 0.918. The molecule has 0 aliphatic carbocycles. The van der Waals surface area contributed by atoms with E-state index in [1.807, 2.05) is 7.05 Å². The first-order chi connectivity index (χ1) is 5.06. The van der Waals surface area contributed by atoms with Crippen molar-refractivity contribution in [3.63, 3.8) is 0 Å². The Morgan fingerprint density at radius 1 is 1.55 bits per heavy atom. The summed E-state index contributed by atoms with van der Waals surface area (Å²) in [6.45, 7) is 5.83. The van der Waals surface area contributed by atoms with Gasteiger partial charge in [-0.05, 0) is 25.3 Å². The van der Waals surface area contributed by atoms with Gasteiger partial charge in [-0.2, -0.15) is 0 Å². The van der Waals surface area contributed by atoms with E-state index in [0.717, 1.165) is 12.1 Å².